The number of rotatable bonds is 5. The lowest BCUT2D eigenvalue weighted by atomic mass is 10.1. The minimum atomic E-state index is 0.224. The summed E-state index contributed by atoms with van der Waals surface area (Å²) in [6.45, 7) is 0.983. The molecule has 3 heteroatoms. The lowest BCUT2D eigenvalue weighted by Gasteiger charge is -2.06. The largest absolute Gasteiger partial charge is 0.504 e. The van der Waals surface area contributed by atoms with Crippen molar-refractivity contribution in [1.82, 2.24) is 5.32 Å². The molecular weight excluding hydrogens is 190 g/mol. The Kier molecular flexibility index (Phi) is 3.11. The molecule has 0 spiro atoms. The van der Waals surface area contributed by atoms with E-state index in [0.29, 0.717) is 5.75 Å². The first-order valence-electron chi connectivity index (χ1n) is 5.39. The van der Waals surface area contributed by atoms with Gasteiger partial charge in [0.1, 0.15) is 0 Å². The van der Waals surface area contributed by atoms with E-state index in [2.05, 4.69) is 5.32 Å². The van der Waals surface area contributed by atoms with Crippen molar-refractivity contribution in [3.05, 3.63) is 23.8 Å². The maximum atomic E-state index is 9.57. The summed E-state index contributed by atoms with van der Waals surface area (Å²) < 4.78 is 4.99. The maximum absolute atomic E-state index is 9.57. The van der Waals surface area contributed by atoms with Crippen LogP contribution in [0.3, 0.4) is 0 Å². The van der Waals surface area contributed by atoms with Gasteiger partial charge in [0.2, 0.25) is 0 Å². The molecule has 0 radical (unpaired) electrons. The first-order valence-corrected chi connectivity index (χ1v) is 5.39. The van der Waals surface area contributed by atoms with Crippen LogP contribution in [0.5, 0.6) is 11.5 Å². The van der Waals surface area contributed by atoms with Crippen LogP contribution in [0.25, 0.3) is 0 Å². The molecule has 1 aliphatic carbocycles. The monoisotopic (exact) mass is 207 g/mol. The van der Waals surface area contributed by atoms with Crippen molar-refractivity contribution in [2.24, 2.45) is 0 Å². The Morgan fingerprint density at radius 2 is 2.27 bits per heavy atom. The Morgan fingerprint density at radius 3 is 2.87 bits per heavy atom. The zero-order chi connectivity index (χ0) is 10.7. The highest BCUT2D eigenvalue weighted by Gasteiger charge is 2.19. The Labute approximate surface area is 90.1 Å². The van der Waals surface area contributed by atoms with E-state index in [1.807, 2.05) is 12.1 Å². The van der Waals surface area contributed by atoms with Crippen LogP contribution in [0.2, 0.25) is 0 Å². The van der Waals surface area contributed by atoms with E-state index >= 15 is 0 Å². The zero-order valence-corrected chi connectivity index (χ0v) is 8.99. The average Bonchev–Trinajstić information content (AvgIpc) is 3.02. The summed E-state index contributed by atoms with van der Waals surface area (Å²) in [6, 6.07) is 6.32. The van der Waals surface area contributed by atoms with Gasteiger partial charge in [0.25, 0.3) is 0 Å². The minimum Gasteiger partial charge on any atom is -0.504 e. The summed E-state index contributed by atoms with van der Waals surface area (Å²) in [5.74, 6) is 0.760. The van der Waals surface area contributed by atoms with Gasteiger partial charge < -0.3 is 15.2 Å². The van der Waals surface area contributed by atoms with Gasteiger partial charge in [-0.2, -0.15) is 0 Å². The van der Waals surface area contributed by atoms with Crippen molar-refractivity contribution in [1.29, 1.82) is 0 Å². The third-order valence-corrected chi connectivity index (χ3v) is 2.67. The Bertz CT molecular complexity index is 334. The van der Waals surface area contributed by atoms with Crippen LogP contribution in [0.15, 0.2) is 18.2 Å². The number of hydrogen-bond donors (Lipinski definition) is 2. The number of aromatic hydroxyl groups is 1. The molecule has 1 aliphatic rings. The van der Waals surface area contributed by atoms with Crippen LogP contribution >= 0.6 is 0 Å². The lowest BCUT2D eigenvalue weighted by Crippen LogP contribution is -2.19. The predicted molar refractivity (Wildman–Crippen MR) is 59.4 cm³/mol. The fourth-order valence-corrected chi connectivity index (χ4v) is 1.60. The van der Waals surface area contributed by atoms with Crippen LogP contribution in [0, 0.1) is 0 Å². The molecule has 0 atom stereocenters. The molecular formula is C12H17NO2. The SMILES string of the molecule is COc1ccc(CCNC2CC2)cc1O. The van der Waals surface area contributed by atoms with Crippen molar-refractivity contribution in [3.63, 3.8) is 0 Å². The second-order valence-corrected chi connectivity index (χ2v) is 3.98. The molecule has 2 rings (SSSR count). The first kappa shape index (κ1) is 10.3. The third-order valence-electron chi connectivity index (χ3n) is 2.67. The van der Waals surface area contributed by atoms with Gasteiger partial charge in [0.15, 0.2) is 11.5 Å². The topological polar surface area (TPSA) is 41.5 Å². The number of nitrogens with one attached hydrogen (secondary N) is 1. The number of phenols is 1. The Balaban J connectivity index is 1.87. The zero-order valence-electron chi connectivity index (χ0n) is 8.99. The summed E-state index contributed by atoms with van der Waals surface area (Å²) >= 11 is 0. The molecule has 0 saturated heterocycles. The Hall–Kier alpha value is -1.22. The smallest absolute Gasteiger partial charge is 0.160 e. The van der Waals surface area contributed by atoms with Crippen LogP contribution in [-0.2, 0) is 6.42 Å². The highest BCUT2D eigenvalue weighted by Crippen LogP contribution is 2.26. The van der Waals surface area contributed by atoms with Crippen LogP contribution in [-0.4, -0.2) is 24.8 Å². The van der Waals surface area contributed by atoms with E-state index < -0.39 is 0 Å². The van der Waals surface area contributed by atoms with Crippen molar-refractivity contribution in [2.45, 2.75) is 25.3 Å². The van der Waals surface area contributed by atoms with Crippen molar-refractivity contribution in [3.8, 4) is 11.5 Å². The van der Waals surface area contributed by atoms with Gasteiger partial charge in [0.05, 0.1) is 7.11 Å². The number of methoxy groups -OCH3 is 1. The Morgan fingerprint density at radius 1 is 1.47 bits per heavy atom. The van der Waals surface area contributed by atoms with Gasteiger partial charge in [-0.3, -0.25) is 0 Å². The fourth-order valence-electron chi connectivity index (χ4n) is 1.60. The summed E-state index contributed by atoms with van der Waals surface area (Å²) in [6.07, 6.45) is 3.58. The minimum absolute atomic E-state index is 0.224. The standard InChI is InChI=1S/C12H17NO2/c1-15-12-5-2-9(8-11(12)14)6-7-13-10-3-4-10/h2,5,8,10,13-14H,3-4,6-7H2,1H3. The summed E-state index contributed by atoms with van der Waals surface area (Å²) in [5.41, 5.74) is 1.14. The van der Waals surface area contributed by atoms with Gasteiger partial charge in [-0.1, -0.05) is 6.07 Å². The normalized spacial score (nSPS) is 15.3. The highest BCUT2D eigenvalue weighted by atomic mass is 16.5. The molecule has 15 heavy (non-hydrogen) atoms. The number of phenolic OH excluding ortho intramolecular Hbond substituents is 1. The number of ether oxygens (including phenoxy) is 1. The third kappa shape index (κ3) is 2.86. The average molecular weight is 207 g/mol. The molecule has 0 bridgehead atoms. The fraction of sp³-hybridized carbons (Fsp3) is 0.500. The van der Waals surface area contributed by atoms with Crippen molar-refractivity contribution < 1.29 is 9.84 Å². The van der Waals surface area contributed by atoms with E-state index in [0.717, 1.165) is 24.6 Å². The highest BCUT2D eigenvalue weighted by molar-refractivity contribution is 5.41. The van der Waals surface area contributed by atoms with Crippen molar-refractivity contribution in [2.75, 3.05) is 13.7 Å². The second-order valence-electron chi connectivity index (χ2n) is 3.98. The molecule has 82 valence electrons. The first-order chi connectivity index (χ1) is 7.29. The molecule has 0 unspecified atom stereocenters. The second kappa shape index (κ2) is 4.53. The molecule has 1 saturated carbocycles. The molecule has 0 amide bonds. The lowest BCUT2D eigenvalue weighted by molar-refractivity contribution is 0.373. The quantitative estimate of drug-likeness (QED) is 0.772. The van der Waals surface area contributed by atoms with Gasteiger partial charge in [-0.15, -0.1) is 0 Å². The molecule has 2 N–H and O–H groups in total. The molecule has 0 heterocycles. The molecule has 1 aromatic rings. The molecule has 0 aromatic heterocycles. The van der Waals surface area contributed by atoms with Crippen molar-refractivity contribution >= 4 is 0 Å². The van der Waals surface area contributed by atoms with Crippen LogP contribution in [0.1, 0.15) is 18.4 Å². The molecule has 1 aromatic carbocycles. The van der Waals surface area contributed by atoms with E-state index in [4.69, 9.17) is 4.74 Å². The predicted octanol–water partition coefficient (Wildman–Crippen LogP) is 1.70. The van der Waals surface area contributed by atoms with Crippen LogP contribution in [0.4, 0.5) is 0 Å². The number of benzene rings is 1. The summed E-state index contributed by atoms with van der Waals surface area (Å²) in [7, 11) is 1.56. The number of hydrogen-bond acceptors (Lipinski definition) is 3. The van der Waals surface area contributed by atoms with Gasteiger partial charge in [-0.05, 0) is 43.5 Å². The van der Waals surface area contributed by atoms with Crippen LogP contribution < -0.4 is 10.1 Å². The van der Waals surface area contributed by atoms with Gasteiger partial charge in [-0.25, -0.2) is 0 Å². The van der Waals surface area contributed by atoms with Gasteiger partial charge in [0, 0.05) is 6.04 Å². The van der Waals surface area contributed by atoms with Gasteiger partial charge >= 0.3 is 0 Å². The van der Waals surface area contributed by atoms with E-state index in [9.17, 15) is 5.11 Å². The molecule has 1 fully saturated rings. The van der Waals surface area contributed by atoms with E-state index in [1.165, 1.54) is 12.8 Å². The van der Waals surface area contributed by atoms with E-state index in [-0.39, 0.29) is 5.75 Å². The molecule has 0 aliphatic heterocycles. The maximum Gasteiger partial charge on any atom is 0.160 e. The summed E-state index contributed by atoms with van der Waals surface area (Å²) in [4.78, 5) is 0. The molecule has 3 nitrogen and oxygen atoms in total. The summed E-state index contributed by atoms with van der Waals surface area (Å²) in [5, 5.41) is 13.0. The van der Waals surface area contributed by atoms with E-state index in [1.54, 1.807) is 13.2 Å².